The van der Waals surface area contributed by atoms with Crippen molar-refractivity contribution in [1.82, 2.24) is 5.32 Å². The highest BCUT2D eigenvalue weighted by Crippen LogP contribution is 2.48. The van der Waals surface area contributed by atoms with Crippen LogP contribution in [0.25, 0.3) is 0 Å². The molecule has 1 aliphatic rings. The first kappa shape index (κ1) is 17.9. The molecule has 0 spiro atoms. The minimum Gasteiger partial charge on any atom is -0.496 e. The molecule has 0 saturated heterocycles. The number of rotatable bonds is 6. The topological polar surface area (TPSA) is 73.6 Å². The fraction of sp³-hybridized carbons (Fsp3) is 0.588. The second-order valence-electron chi connectivity index (χ2n) is 6.00. The molecule has 0 aliphatic heterocycles. The molecule has 2 rings (SSSR count). The number of amides is 1. The molecule has 1 amide bonds. The van der Waals surface area contributed by atoms with Crippen LogP contribution in [0, 0.1) is 5.41 Å². The molecule has 1 fully saturated rings. The Kier molecular flexibility index (Phi) is 5.42. The average molecular weight is 341 g/mol. The van der Waals surface area contributed by atoms with Gasteiger partial charge in [0.2, 0.25) is 0 Å². The summed E-state index contributed by atoms with van der Waals surface area (Å²) in [5.74, 6) is 0.222. The number of nitrogen functional groups attached to an aromatic ring is 1. The van der Waals surface area contributed by atoms with Crippen LogP contribution in [0.15, 0.2) is 12.1 Å². The number of carbonyl (C=O) groups excluding carboxylic acids is 1. The van der Waals surface area contributed by atoms with Crippen molar-refractivity contribution in [2.24, 2.45) is 5.41 Å². The van der Waals surface area contributed by atoms with Crippen LogP contribution in [0.3, 0.4) is 0 Å². The lowest BCUT2D eigenvalue weighted by Gasteiger charge is -2.55. The van der Waals surface area contributed by atoms with Gasteiger partial charge in [-0.2, -0.15) is 0 Å². The molecule has 1 saturated carbocycles. The minimum absolute atomic E-state index is 0.0186. The smallest absolute Gasteiger partial charge is 0.255 e. The highest BCUT2D eigenvalue weighted by Gasteiger charge is 2.53. The van der Waals surface area contributed by atoms with Gasteiger partial charge in [-0.05, 0) is 25.3 Å². The SMILES string of the molecule is CCC1(CC)C(NC(=O)c2cc(Cl)c(N)cc2OC)CC1OC. The molecule has 1 aromatic rings. The largest absolute Gasteiger partial charge is 0.496 e. The maximum atomic E-state index is 12.7. The lowest BCUT2D eigenvalue weighted by Crippen LogP contribution is -2.64. The van der Waals surface area contributed by atoms with E-state index >= 15 is 0 Å². The summed E-state index contributed by atoms with van der Waals surface area (Å²) in [7, 11) is 3.23. The van der Waals surface area contributed by atoms with E-state index in [0.29, 0.717) is 22.0 Å². The maximum Gasteiger partial charge on any atom is 0.255 e. The van der Waals surface area contributed by atoms with Gasteiger partial charge in [-0.1, -0.05) is 25.4 Å². The predicted molar refractivity (Wildman–Crippen MR) is 92.1 cm³/mol. The van der Waals surface area contributed by atoms with Crippen LogP contribution in [0.1, 0.15) is 43.5 Å². The first-order valence-electron chi connectivity index (χ1n) is 7.90. The van der Waals surface area contributed by atoms with E-state index in [1.54, 1.807) is 19.2 Å². The normalized spacial score (nSPS) is 22.3. The van der Waals surface area contributed by atoms with E-state index in [4.69, 9.17) is 26.8 Å². The van der Waals surface area contributed by atoms with E-state index in [9.17, 15) is 4.79 Å². The van der Waals surface area contributed by atoms with Crippen LogP contribution in [0.2, 0.25) is 5.02 Å². The van der Waals surface area contributed by atoms with E-state index in [1.807, 2.05) is 0 Å². The van der Waals surface area contributed by atoms with Gasteiger partial charge in [0.15, 0.2) is 0 Å². The van der Waals surface area contributed by atoms with Crippen molar-refractivity contribution in [3.63, 3.8) is 0 Å². The van der Waals surface area contributed by atoms with Crippen LogP contribution >= 0.6 is 11.6 Å². The molecule has 0 heterocycles. The molecule has 1 aliphatic carbocycles. The quantitative estimate of drug-likeness (QED) is 0.779. The van der Waals surface area contributed by atoms with Crippen LogP contribution in [0.5, 0.6) is 5.75 Å². The van der Waals surface area contributed by atoms with Gasteiger partial charge in [0.1, 0.15) is 5.75 Å². The number of hydrogen-bond donors (Lipinski definition) is 2. The molecule has 0 radical (unpaired) electrons. The fourth-order valence-electron chi connectivity index (χ4n) is 3.63. The molecule has 0 aromatic heterocycles. The molecule has 2 unspecified atom stereocenters. The number of halogens is 1. The van der Waals surface area contributed by atoms with E-state index in [-0.39, 0.29) is 23.5 Å². The Morgan fingerprint density at radius 3 is 2.57 bits per heavy atom. The van der Waals surface area contributed by atoms with Crippen LogP contribution in [0.4, 0.5) is 5.69 Å². The second kappa shape index (κ2) is 6.97. The molecule has 128 valence electrons. The van der Waals surface area contributed by atoms with Gasteiger partial charge in [0.25, 0.3) is 5.91 Å². The van der Waals surface area contributed by atoms with Gasteiger partial charge in [0.05, 0.1) is 29.5 Å². The van der Waals surface area contributed by atoms with E-state index < -0.39 is 0 Å². The summed E-state index contributed by atoms with van der Waals surface area (Å²) in [4.78, 5) is 12.7. The highest BCUT2D eigenvalue weighted by atomic mass is 35.5. The molecule has 6 heteroatoms. The average Bonchev–Trinajstić information content (AvgIpc) is 2.54. The number of hydrogen-bond acceptors (Lipinski definition) is 4. The highest BCUT2D eigenvalue weighted by molar-refractivity contribution is 6.33. The van der Waals surface area contributed by atoms with Crippen molar-refractivity contribution in [2.75, 3.05) is 20.0 Å². The molecular weight excluding hydrogens is 316 g/mol. The summed E-state index contributed by atoms with van der Waals surface area (Å²) in [6.45, 7) is 4.27. The zero-order valence-electron chi connectivity index (χ0n) is 14.1. The van der Waals surface area contributed by atoms with Gasteiger partial charge in [-0.15, -0.1) is 0 Å². The molecule has 0 bridgehead atoms. The molecule has 3 N–H and O–H groups in total. The zero-order chi connectivity index (χ0) is 17.2. The Morgan fingerprint density at radius 1 is 1.39 bits per heavy atom. The number of methoxy groups -OCH3 is 2. The second-order valence-corrected chi connectivity index (χ2v) is 6.41. The number of ether oxygens (including phenoxy) is 2. The maximum absolute atomic E-state index is 12.7. The molecular formula is C17H25ClN2O3. The predicted octanol–water partition coefficient (Wildman–Crippen LogP) is 3.25. The van der Waals surface area contributed by atoms with Crippen LogP contribution < -0.4 is 15.8 Å². The number of benzene rings is 1. The Balaban J connectivity index is 2.22. The summed E-state index contributed by atoms with van der Waals surface area (Å²) >= 11 is 6.05. The third-order valence-electron chi connectivity index (χ3n) is 5.25. The first-order valence-corrected chi connectivity index (χ1v) is 8.27. The van der Waals surface area contributed by atoms with E-state index in [1.165, 1.54) is 7.11 Å². The first-order chi connectivity index (χ1) is 10.9. The van der Waals surface area contributed by atoms with Crippen molar-refractivity contribution >= 4 is 23.2 Å². The van der Waals surface area contributed by atoms with Crippen molar-refractivity contribution in [1.29, 1.82) is 0 Å². The van der Waals surface area contributed by atoms with Crippen molar-refractivity contribution in [3.05, 3.63) is 22.7 Å². The summed E-state index contributed by atoms with van der Waals surface area (Å²) < 4.78 is 10.8. The van der Waals surface area contributed by atoms with E-state index in [2.05, 4.69) is 19.2 Å². The Bertz CT molecular complexity index is 587. The molecule has 2 atom stereocenters. The summed E-state index contributed by atoms with van der Waals surface area (Å²) in [5.41, 5.74) is 6.53. The third kappa shape index (κ3) is 3.00. The Labute approximate surface area is 142 Å². The summed E-state index contributed by atoms with van der Waals surface area (Å²) in [6, 6.07) is 3.20. The third-order valence-corrected chi connectivity index (χ3v) is 5.58. The summed E-state index contributed by atoms with van der Waals surface area (Å²) in [5, 5.41) is 3.46. The Morgan fingerprint density at radius 2 is 2.04 bits per heavy atom. The monoisotopic (exact) mass is 340 g/mol. The van der Waals surface area contributed by atoms with Crippen molar-refractivity contribution in [3.8, 4) is 5.75 Å². The standard InChI is InChI=1S/C17H25ClN2O3/c1-5-17(6-2)14(9-15(17)23-4)20-16(21)10-7-11(18)12(19)8-13(10)22-3/h7-8,14-15H,5-6,9,19H2,1-4H3,(H,20,21). The van der Waals surface area contributed by atoms with Gasteiger partial charge >= 0.3 is 0 Å². The number of nitrogens with two attached hydrogens (primary N) is 1. The number of anilines is 1. The Hall–Kier alpha value is -1.46. The molecule has 5 nitrogen and oxygen atoms in total. The van der Waals surface area contributed by atoms with Crippen molar-refractivity contribution < 1.29 is 14.3 Å². The van der Waals surface area contributed by atoms with Gasteiger partial charge in [-0.25, -0.2) is 0 Å². The van der Waals surface area contributed by atoms with Gasteiger partial charge < -0.3 is 20.5 Å². The van der Waals surface area contributed by atoms with Gasteiger partial charge in [0, 0.05) is 24.6 Å². The van der Waals surface area contributed by atoms with Crippen LogP contribution in [-0.4, -0.2) is 32.3 Å². The molecule has 1 aromatic carbocycles. The lowest BCUT2D eigenvalue weighted by molar-refractivity contribution is -0.120. The van der Waals surface area contributed by atoms with Crippen LogP contribution in [-0.2, 0) is 4.74 Å². The summed E-state index contributed by atoms with van der Waals surface area (Å²) in [6.07, 6.45) is 2.90. The fourth-order valence-corrected chi connectivity index (χ4v) is 3.79. The zero-order valence-corrected chi connectivity index (χ0v) is 14.9. The van der Waals surface area contributed by atoms with Gasteiger partial charge in [-0.3, -0.25) is 4.79 Å². The number of carbonyl (C=O) groups is 1. The minimum atomic E-state index is -0.199. The lowest BCUT2D eigenvalue weighted by atomic mass is 9.58. The molecule has 23 heavy (non-hydrogen) atoms. The van der Waals surface area contributed by atoms with E-state index in [0.717, 1.165) is 19.3 Å². The number of nitrogens with one attached hydrogen (secondary N) is 1. The van der Waals surface area contributed by atoms with Crippen molar-refractivity contribution in [2.45, 2.75) is 45.3 Å².